The quantitative estimate of drug-likeness (QED) is 0.141. The minimum atomic E-state index is -0.351. The van der Waals surface area contributed by atoms with Gasteiger partial charge in [0.25, 0.3) is 0 Å². The van der Waals surface area contributed by atoms with E-state index >= 15 is 0 Å². The van der Waals surface area contributed by atoms with Crippen molar-refractivity contribution in [2.75, 3.05) is 0 Å². The topological polar surface area (TPSA) is 0 Å². The number of unbranched alkanes of at least 4 members (excludes halogenated alkanes) is 14. The van der Waals surface area contributed by atoms with Gasteiger partial charge in [-0.3, -0.25) is 0 Å². The van der Waals surface area contributed by atoms with Gasteiger partial charge >= 0.3 is 0 Å². The lowest BCUT2D eigenvalue weighted by molar-refractivity contribution is 0.282. The third kappa shape index (κ3) is 11.8. The van der Waals surface area contributed by atoms with Gasteiger partial charge in [0.2, 0.25) is 0 Å². The first kappa shape index (κ1) is 33.1. The van der Waals surface area contributed by atoms with Crippen LogP contribution in [0.5, 0.6) is 0 Å². The third-order valence-electron chi connectivity index (χ3n) is 9.78. The molecule has 1 atom stereocenters. The maximum Gasteiger partial charge on any atom is 0.129 e. The Labute approximate surface area is 246 Å². The summed E-state index contributed by atoms with van der Waals surface area (Å²) in [5.41, 5.74) is 2.54. The molecule has 0 bridgehead atoms. The van der Waals surface area contributed by atoms with E-state index in [1.807, 2.05) is 0 Å². The van der Waals surface area contributed by atoms with Crippen LogP contribution in [0.3, 0.4) is 0 Å². The Morgan fingerprint density at radius 1 is 0.650 bits per heavy atom. The highest BCUT2D eigenvalue weighted by Crippen LogP contribution is 2.39. The second-order valence-electron chi connectivity index (χ2n) is 13.1. The summed E-state index contributed by atoms with van der Waals surface area (Å²) in [4.78, 5) is 0. The van der Waals surface area contributed by atoms with Crippen LogP contribution in [0.25, 0.3) is 0 Å². The molecule has 0 aliphatic heterocycles. The van der Waals surface area contributed by atoms with E-state index in [0.29, 0.717) is 12.3 Å². The lowest BCUT2D eigenvalue weighted by atomic mass is 9.75. The van der Waals surface area contributed by atoms with E-state index in [9.17, 15) is 8.78 Å². The molecule has 1 aromatic carbocycles. The van der Waals surface area contributed by atoms with E-state index in [2.05, 4.69) is 32.1 Å². The standard InChI is InChI=1S/C38H60F2/c1-3-5-7-9-11-13-15-17-19-31-21-23-32(24-22-31)33-25-27-34(28-26-33)35-29-37(39)36(38(40)30-35)20-18-16-14-12-10-8-6-4-2/h25-27,29-32,34H,3-24,28H2,1-2H3/t31-,32-,34?. The zero-order valence-electron chi connectivity index (χ0n) is 26.1. The molecule has 0 spiro atoms. The fourth-order valence-electron chi connectivity index (χ4n) is 7.05. The number of hydrogen-bond donors (Lipinski definition) is 0. The number of rotatable bonds is 20. The van der Waals surface area contributed by atoms with Crippen LogP contribution in [0, 0.1) is 23.5 Å². The van der Waals surface area contributed by atoms with E-state index in [4.69, 9.17) is 0 Å². The van der Waals surface area contributed by atoms with Crippen LogP contribution < -0.4 is 0 Å². The molecule has 0 radical (unpaired) electrons. The normalized spacial score (nSPS) is 21.1. The molecule has 1 saturated carbocycles. The van der Waals surface area contributed by atoms with Crippen molar-refractivity contribution in [1.29, 1.82) is 0 Å². The third-order valence-corrected chi connectivity index (χ3v) is 9.78. The maximum absolute atomic E-state index is 14.9. The van der Waals surface area contributed by atoms with Gasteiger partial charge in [0.05, 0.1) is 0 Å². The van der Waals surface area contributed by atoms with Gasteiger partial charge < -0.3 is 0 Å². The Morgan fingerprint density at radius 2 is 1.18 bits per heavy atom. The van der Waals surface area contributed by atoms with Crippen LogP contribution in [0.15, 0.2) is 35.9 Å². The molecule has 2 heteroatoms. The lowest BCUT2D eigenvalue weighted by Crippen LogP contribution is -2.17. The zero-order valence-corrected chi connectivity index (χ0v) is 26.1. The Bertz CT molecular complexity index is 850. The summed E-state index contributed by atoms with van der Waals surface area (Å²) in [6.07, 6.45) is 35.8. The average Bonchev–Trinajstić information content (AvgIpc) is 2.97. The number of benzene rings is 1. The molecule has 0 N–H and O–H groups in total. The van der Waals surface area contributed by atoms with Crippen molar-refractivity contribution in [2.45, 2.75) is 167 Å². The smallest absolute Gasteiger partial charge is 0.129 e. The van der Waals surface area contributed by atoms with Crippen molar-refractivity contribution >= 4 is 0 Å². The molecule has 0 heterocycles. The van der Waals surface area contributed by atoms with E-state index in [1.54, 1.807) is 12.1 Å². The van der Waals surface area contributed by atoms with Crippen molar-refractivity contribution in [3.63, 3.8) is 0 Å². The van der Waals surface area contributed by atoms with Crippen LogP contribution >= 0.6 is 0 Å². The summed E-state index contributed by atoms with van der Waals surface area (Å²) < 4.78 is 29.8. The van der Waals surface area contributed by atoms with Gasteiger partial charge in [-0.25, -0.2) is 8.78 Å². The number of halogens is 2. The molecule has 1 fully saturated rings. The first-order valence-electron chi connectivity index (χ1n) is 17.5. The summed E-state index contributed by atoms with van der Waals surface area (Å²) in [5, 5.41) is 0. The predicted octanol–water partition coefficient (Wildman–Crippen LogP) is 13.0. The molecule has 0 amide bonds. The van der Waals surface area contributed by atoms with Gasteiger partial charge in [-0.15, -0.1) is 0 Å². The van der Waals surface area contributed by atoms with E-state index < -0.39 is 0 Å². The Morgan fingerprint density at radius 3 is 1.70 bits per heavy atom. The second-order valence-corrected chi connectivity index (χ2v) is 13.1. The molecule has 2 aliphatic rings. The van der Waals surface area contributed by atoms with Crippen LogP contribution in [0.1, 0.15) is 172 Å². The highest BCUT2D eigenvalue weighted by atomic mass is 19.1. The number of allylic oxidation sites excluding steroid dienone is 4. The van der Waals surface area contributed by atoms with E-state index in [0.717, 1.165) is 30.7 Å². The molecule has 226 valence electrons. The average molecular weight is 555 g/mol. The first-order chi connectivity index (χ1) is 19.6. The fraction of sp³-hybridized carbons (Fsp3) is 0.737. The van der Waals surface area contributed by atoms with Crippen molar-refractivity contribution in [2.24, 2.45) is 11.8 Å². The Balaban J connectivity index is 1.34. The molecule has 0 aromatic heterocycles. The Kier molecular flexibility index (Phi) is 16.2. The molecular formula is C38H60F2. The molecule has 2 aliphatic carbocycles. The van der Waals surface area contributed by atoms with E-state index in [1.165, 1.54) is 128 Å². The van der Waals surface area contributed by atoms with Crippen molar-refractivity contribution < 1.29 is 8.78 Å². The minimum Gasteiger partial charge on any atom is -0.207 e. The van der Waals surface area contributed by atoms with Crippen LogP contribution in [0.4, 0.5) is 8.78 Å². The van der Waals surface area contributed by atoms with Gasteiger partial charge in [0.15, 0.2) is 0 Å². The van der Waals surface area contributed by atoms with Crippen molar-refractivity contribution in [1.82, 2.24) is 0 Å². The second kappa shape index (κ2) is 19.6. The first-order valence-corrected chi connectivity index (χ1v) is 17.5. The Hall–Kier alpha value is -1.44. The SMILES string of the molecule is CCCCCCCCCCc1c(F)cc(C2C=CC([C@H]3CC[C@H](CCCCCCCCCC)CC3)=CC2)cc1F. The maximum atomic E-state index is 14.9. The van der Waals surface area contributed by atoms with Gasteiger partial charge in [0.1, 0.15) is 11.6 Å². The summed E-state index contributed by atoms with van der Waals surface area (Å²) in [7, 11) is 0. The number of hydrogen-bond acceptors (Lipinski definition) is 0. The van der Waals surface area contributed by atoms with E-state index in [-0.39, 0.29) is 23.1 Å². The largest absolute Gasteiger partial charge is 0.207 e. The summed E-state index contributed by atoms with van der Waals surface area (Å²) in [6.45, 7) is 4.52. The van der Waals surface area contributed by atoms with Gasteiger partial charge in [0, 0.05) is 11.5 Å². The zero-order chi connectivity index (χ0) is 28.4. The minimum absolute atomic E-state index is 0.0863. The van der Waals surface area contributed by atoms with Gasteiger partial charge in [-0.05, 0) is 80.1 Å². The molecule has 1 aromatic rings. The van der Waals surface area contributed by atoms with Gasteiger partial charge in [-0.2, -0.15) is 0 Å². The molecule has 3 rings (SSSR count). The summed E-state index contributed by atoms with van der Waals surface area (Å²) in [5.74, 6) is 0.983. The molecule has 1 unspecified atom stereocenters. The molecular weight excluding hydrogens is 494 g/mol. The van der Waals surface area contributed by atoms with Crippen LogP contribution in [0.2, 0.25) is 0 Å². The molecule has 40 heavy (non-hydrogen) atoms. The van der Waals surface area contributed by atoms with Crippen molar-refractivity contribution in [3.05, 3.63) is 58.7 Å². The van der Waals surface area contributed by atoms with Crippen LogP contribution in [-0.4, -0.2) is 0 Å². The monoisotopic (exact) mass is 554 g/mol. The summed E-state index contributed by atoms with van der Waals surface area (Å²) >= 11 is 0. The highest BCUT2D eigenvalue weighted by Gasteiger charge is 2.25. The predicted molar refractivity (Wildman–Crippen MR) is 170 cm³/mol. The fourth-order valence-corrected chi connectivity index (χ4v) is 7.05. The summed E-state index contributed by atoms with van der Waals surface area (Å²) in [6, 6.07) is 3.21. The van der Waals surface area contributed by atoms with Crippen LogP contribution in [-0.2, 0) is 6.42 Å². The lowest BCUT2D eigenvalue weighted by Gasteiger charge is -2.31. The highest BCUT2D eigenvalue weighted by molar-refractivity contribution is 5.36. The molecule has 0 saturated heterocycles. The van der Waals surface area contributed by atoms with Crippen molar-refractivity contribution in [3.8, 4) is 0 Å². The molecule has 0 nitrogen and oxygen atoms in total. The van der Waals surface area contributed by atoms with Gasteiger partial charge in [-0.1, -0.05) is 135 Å².